The summed E-state index contributed by atoms with van der Waals surface area (Å²) < 4.78 is 4.86. The summed E-state index contributed by atoms with van der Waals surface area (Å²) in [5.74, 6) is 0.419. The quantitative estimate of drug-likeness (QED) is 0.563. The highest BCUT2D eigenvalue weighted by Crippen LogP contribution is 2.10. The maximum absolute atomic E-state index is 11.1. The van der Waals surface area contributed by atoms with E-state index < -0.39 is 0 Å². The van der Waals surface area contributed by atoms with Crippen molar-refractivity contribution in [2.75, 3.05) is 6.61 Å². The fourth-order valence-corrected chi connectivity index (χ4v) is 1.70. The molecule has 0 atom stereocenters. The minimum atomic E-state index is -0.115. The van der Waals surface area contributed by atoms with E-state index in [0.29, 0.717) is 18.9 Å². The first-order valence-electron chi connectivity index (χ1n) is 5.55. The Bertz CT molecular complexity index is 336. The van der Waals surface area contributed by atoms with Crippen LogP contribution in [0.2, 0.25) is 0 Å². The molecule has 88 valence electrons. The third kappa shape index (κ3) is 4.67. The predicted molar refractivity (Wildman–Crippen MR) is 65.6 cm³/mol. The lowest BCUT2D eigenvalue weighted by atomic mass is 10.1. The molecule has 0 heterocycles. The van der Waals surface area contributed by atoms with Crippen molar-refractivity contribution >= 4 is 17.6 Å². The van der Waals surface area contributed by atoms with Crippen LogP contribution in [0.3, 0.4) is 0 Å². The molecule has 3 heteroatoms. The van der Waals surface area contributed by atoms with Gasteiger partial charge in [-0.2, -0.15) is 0 Å². The molecule has 0 fully saturated rings. The van der Waals surface area contributed by atoms with Crippen LogP contribution in [0.5, 0.6) is 0 Å². The van der Waals surface area contributed by atoms with Gasteiger partial charge in [0.15, 0.2) is 0 Å². The van der Waals surface area contributed by atoms with Crippen molar-refractivity contribution in [2.45, 2.75) is 32.1 Å². The molecule has 0 saturated heterocycles. The molecule has 0 spiro atoms. The van der Waals surface area contributed by atoms with Crippen LogP contribution in [0.15, 0.2) is 24.3 Å². The highest BCUT2D eigenvalue weighted by atomic mass is 35.5. The van der Waals surface area contributed by atoms with Crippen LogP contribution in [0, 0.1) is 0 Å². The van der Waals surface area contributed by atoms with Crippen LogP contribution >= 0.6 is 11.6 Å². The van der Waals surface area contributed by atoms with Crippen molar-refractivity contribution in [3.8, 4) is 0 Å². The number of aryl methyl sites for hydroxylation is 1. The van der Waals surface area contributed by atoms with Gasteiger partial charge in [-0.25, -0.2) is 0 Å². The van der Waals surface area contributed by atoms with Crippen molar-refractivity contribution < 1.29 is 9.53 Å². The predicted octanol–water partition coefficient (Wildman–Crippen LogP) is 3.31. The summed E-state index contributed by atoms with van der Waals surface area (Å²) in [4.78, 5) is 11.1. The van der Waals surface area contributed by atoms with Crippen molar-refractivity contribution in [3.05, 3.63) is 35.4 Å². The summed E-state index contributed by atoms with van der Waals surface area (Å²) in [6.45, 7) is 2.28. The van der Waals surface area contributed by atoms with Gasteiger partial charge in [0.05, 0.1) is 6.61 Å². The lowest BCUT2D eigenvalue weighted by Gasteiger charge is -2.03. The summed E-state index contributed by atoms with van der Waals surface area (Å²) in [5, 5.41) is 0. The molecule has 0 aliphatic heterocycles. The summed E-state index contributed by atoms with van der Waals surface area (Å²) in [6.07, 6.45) is 2.20. The van der Waals surface area contributed by atoms with Gasteiger partial charge in [-0.15, -0.1) is 11.6 Å². The number of esters is 1. The van der Waals surface area contributed by atoms with Crippen LogP contribution in [-0.4, -0.2) is 12.6 Å². The number of hydrogen-bond donors (Lipinski definition) is 0. The zero-order valence-corrected chi connectivity index (χ0v) is 10.3. The molecule has 0 aliphatic rings. The van der Waals surface area contributed by atoms with Crippen LogP contribution in [0.1, 0.15) is 30.9 Å². The average Bonchev–Trinajstić information content (AvgIpc) is 2.30. The van der Waals surface area contributed by atoms with Crippen molar-refractivity contribution in [1.82, 2.24) is 0 Å². The number of benzene rings is 1. The SMILES string of the molecule is CCOC(=O)CCCc1cccc(CCl)c1. The van der Waals surface area contributed by atoms with E-state index in [2.05, 4.69) is 12.1 Å². The zero-order valence-electron chi connectivity index (χ0n) is 9.54. The smallest absolute Gasteiger partial charge is 0.305 e. The van der Waals surface area contributed by atoms with E-state index in [-0.39, 0.29) is 5.97 Å². The van der Waals surface area contributed by atoms with Crippen molar-refractivity contribution in [2.24, 2.45) is 0 Å². The van der Waals surface area contributed by atoms with E-state index in [9.17, 15) is 4.79 Å². The molecule has 1 aromatic carbocycles. The Balaban J connectivity index is 2.34. The van der Waals surface area contributed by atoms with Crippen LogP contribution in [0.4, 0.5) is 0 Å². The molecule has 0 amide bonds. The van der Waals surface area contributed by atoms with Crippen LogP contribution < -0.4 is 0 Å². The molecule has 1 rings (SSSR count). The number of halogens is 1. The minimum absolute atomic E-state index is 0.115. The van der Waals surface area contributed by atoms with Gasteiger partial charge < -0.3 is 4.74 Å². The first kappa shape index (κ1) is 13.0. The van der Waals surface area contributed by atoms with Gasteiger partial charge >= 0.3 is 5.97 Å². The van der Waals surface area contributed by atoms with Gasteiger partial charge in [0.2, 0.25) is 0 Å². The molecular formula is C13H17ClO2. The third-order valence-electron chi connectivity index (χ3n) is 2.30. The van der Waals surface area contributed by atoms with Crippen molar-refractivity contribution in [3.63, 3.8) is 0 Å². The van der Waals surface area contributed by atoms with Crippen LogP contribution in [-0.2, 0) is 21.8 Å². The Hall–Kier alpha value is -1.02. The van der Waals surface area contributed by atoms with E-state index in [1.165, 1.54) is 5.56 Å². The lowest BCUT2D eigenvalue weighted by molar-refractivity contribution is -0.143. The highest BCUT2D eigenvalue weighted by Gasteiger charge is 2.02. The Morgan fingerprint density at radius 2 is 2.12 bits per heavy atom. The van der Waals surface area contributed by atoms with E-state index in [1.54, 1.807) is 0 Å². The second-order valence-electron chi connectivity index (χ2n) is 3.61. The van der Waals surface area contributed by atoms with Gasteiger partial charge in [-0.1, -0.05) is 24.3 Å². The van der Waals surface area contributed by atoms with Crippen molar-refractivity contribution in [1.29, 1.82) is 0 Å². The first-order chi connectivity index (χ1) is 7.76. The summed E-state index contributed by atoms with van der Waals surface area (Å²) in [7, 11) is 0. The molecule has 0 unspecified atom stereocenters. The van der Waals surface area contributed by atoms with E-state index in [4.69, 9.17) is 16.3 Å². The number of carbonyl (C=O) groups excluding carboxylic acids is 1. The fraction of sp³-hybridized carbons (Fsp3) is 0.462. The molecular weight excluding hydrogens is 224 g/mol. The maximum Gasteiger partial charge on any atom is 0.305 e. The van der Waals surface area contributed by atoms with Gasteiger partial charge in [-0.05, 0) is 30.9 Å². The number of carbonyl (C=O) groups is 1. The fourth-order valence-electron chi connectivity index (χ4n) is 1.54. The number of rotatable bonds is 6. The van der Waals surface area contributed by atoms with E-state index >= 15 is 0 Å². The van der Waals surface area contributed by atoms with Crippen LogP contribution in [0.25, 0.3) is 0 Å². The number of alkyl halides is 1. The Morgan fingerprint density at radius 1 is 1.38 bits per heavy atom. The molecule has 0 saturated carbocycles. The van der Waals surface area contributed by atoms with E-state index in [0.717, 1.165) is 18.4 Å². The summed E-state index contributed by atoms with van der Waals surface area (Å²) >= 11 is 5.75. The summed E-state index contributed by atoms with van der Waals surface area (Å²) in [5.41, 5.74) is 2.35. The van der Waals surface area contributed by atoms with Gasteiger partial charge in [0.1, 0.15) is 0 Å². The molecule has 0 N–H and O–H groups in total. The Labute approximate surface area is 102 Å². The molecule has 0 bridgehead atoms. The largest absolute Gasteiger partial charge is 0.466 e. The molecule has 16 heavy (non-hydrogen) atoms. The minimum Gasteiger partial charge on any atom is -0.466 e. The third-order valence-corrected chi connectivity index (χ3v) is 2.61. The maximum atomic E-state index is 11.1. The lowest BCUT2D eigenvalue weighted by Crippen LogP contribution is -2.04. The summed E-state index contributed by atoms with van der Waals surface area (Å²) in [6, 6.07) is 8.14. The Kier molecular flexibility index (Phi) is 5.94. The molecule has 1 aromatic rings. The topological polar surface area (TPSA) is 26.3 Å². The van der Waals surface area contributed by atoms with E-state index in [1.807, 2.05) is 19.1 Å². The number of ether oxygens (including phenoxy) is 1. The van der Waals surface area contributed by atoms with Gasteiger partial charge in [0, 0.05) is 12.3 Å². The zero-order chi connectivity index (χ0) is 11.8. The number of hydrogen-bond acceptors (Lipinski definition) is 2. The highest BCUT2D eigenvalue weighted by molar-refractivity contribution is 6.17. The second-order valence-corrected chi connectivity index (χ2v) is 3.88. The standard InChI is InChI=1S/C13H17ClO2/c1-2-16-13(15)8-4-6-11-5-3-7-12(9-11)10-14/h3,5,7,9H,2,4,6,8,10H2,1H3. The average molecular weight is 241 g/mol. The normalized spacial score (nSPS) is 10.1. The van der Waals surface area contributed by atoms with Gasteiger partial charge in [0.25, 0.3) is 0 Å². The molecule has 0 aromatic heterocycles. The molecule has 0 aliphatic carbocycles. The van der Waals surface area contributed by atoms with Gasteiger partial charge in [-0.3, -0.25) is 4.79 Å². The Morgan fingerprint density at radius 3 is 2.81 bits per heavy atom. The first-order valence-corrected chi connectivity index (χ1v) is 6.09. The second kappa shape index (κ2) is 7.29. The molecule has 2 nitrogen and oxygen atoms in total. The monoisotopic (exact) mass is 240 g/mol. The molecule has 0 radical (unpaired) electrons.